The second kappa shape index (κ2) is 44.5. The molecule has 4 bridgehead atoms. The quantitative estimate of drug-likeness (QED) is 0.00942. The van der Waals surface area contributed by atoms with Crippen molar-refractivity contribution in [3.8, 4) is 11.5 Å². The van der Waals surface area contributed by atoms with E-state index in [1.807, 2.05) is 44.2 Å². The van der Waals surface area contributed by atoms with Crippen molar-refractivity contribution in [2.75, 3.05) is 71.4 Å². The Morgan fingerprint density at radius 2 is 1.49 bits per heavy atom. The Morgan fingerprint density at radius 1 is 0.802 bits per heavy atom. The number of unbranched alkanes of at least 4 members (excludes halogenated alkanes) is 2. The number of allylic oxidation sites excluding steroid dienone is 3. The number of aromatic nitrogens is 1. The summed E-state index contributed by atoms with van der Waals surface area (Å²) in [6.07, 6.45) is 1.71. The summed E-state index contributed by atoms with van der Waals surface area (Å²) in [7, 11) is 10.1. The van der Waals surface area contributed by atoms with Gasteiger partial charge in [-0.2, -0.15) is 0 Å². The van der Waals surface area contributed by atoms with Gasteiger partial charge in [-0.1, -0.05) is 144 Å². The lowest BCUT2D eigenvalue weighted by Crippen LogP contribution is -2.63. The molecule has 3 fully saturated rings. The van der Waals surface area contributed by atoms with E-state index in [4.69, 9.17) is 41.0 Å². The third-order valence-electron chi connectivity index (χ3n) is 23.2. The zero-order valence-corrected chi connectivity index (χ0v) is 73.1. The van der Waals surface area contributed by atoms with Crippen LogP contribution in [0.5, 0.6) is 11.5 Å². The van der Waals surface area contributed by atoms with Crippen molar-refractivity contribution >= 4 is 115 Å². The molecule has 4 aliphatic heterocycles. The Balaban J connectivity index is 0.900. The molecule has 0 unspecified atom stereocenters. The number of carbonyl (C=O) groups is 11. The number of alkyl carbamates (subject to hydrolysis) is 1. The van der Waals surface area contributed by atoms with Crippen LogP contribution in [-0.2, 0) is 92.6 Å². The minimum atomic E-state index is -1.92. The van der Waals surface area contributed by atoms with Crippen LogP contribution in [0.15, 0.2) is 121 Å². The number of ether oxygens (including phenoxy) is 5. The van der Waals surface area contributed by atoms with Gasteiger partial charge >= 0.3 is 12.1 Å². The SMILES string of the molecule is CCCCN(CCSSCCC(=O)N(C)[C@@H](C)C(=O)O[C@H]1CCC(=O)N(C)c2cc(cc(OC)c2Cl)C/C(C)=C/C=C/[C@@H](OC)[C@@]2(O)C[C@H](OC(=O)N2)[C@@H](C)[C@@H]2O[C@@]12C)C(=O)CC[C@H]1C(=O)N[C@@H](Cc2ccc(O)cc2)C(=O)N[C@H](Cc2c[nH]c3ccccc23)C(=O)C[C@@H](CCCCN)C(=O)N[C@@H]([C@@H](C)O)C(=O)N[C@@H](Cc2ccccc2)C(=O)N1C. The zero-order valence-electron chi connectivity index (χ0n) is 70.8. The molecule has 5 heterocycles. The predicted octanol–water partition coefficient (Wildman–Crippen LogP) is 7.87. The van der Waals surface area contributed by atoms with Gasteiger partial charge in [0.1, 0.15) is 70.6 Å². The number of aliphatic hydroxyl groups is 2. The molecule has 3 saturated heterocycles. The lowest BCUT2D eigenvalue weighted by Gasteiger charge is -2.42. The van der Waals surface area contributed by atoms with Gasteiger partial charge in [-0.15, -0.1) is 0 Å². The van der Waals surface area contributed by atoms with E-state index in [0.717, 1.165) is 26.9 Å². The number of rotatable bonds is 29. The van der Waals surface area contributed by atoms with E-state index in [1.54, 1.807) is 98.7 Å². The van der Waals surface area contributed by atoms with E-state index >= 15 is 19.2 Å². The number of anilines is 1. The van der Waals surface area contributed by atoms with Crippen molar-refractivity contribution in [3.63, 3.8) is 0 Å². The summed E-state index contributed by atoms with van der Waals surface area (Å²) in [5.41, 5.74) is 7.26. The number of nitrogens with one attached hydrogen (secondary N) is 6. The standard InChI is InChI=1S/C88H118ClN11O19S2/c1-12-13-39-100(40-42-121-120-41-37-75(105)97(7)54(4)85(112)118-72-34-36-74(104)98(8)68-46-58(47-70(115-10)77(68)89)43-52(2)22-21-28-73(116-11)88(114)50-71(117-86(113)96-88)53(3)79-87(72,6)119-79)76(106)35-33-67-82(109)93-65(44-57-29-31-61(102)32-30-57)81(108)92-64(48-60-51-91-63-27-18-17-26-62(60)63)69(103)49-59(25-19-20-38-90)80(107)95-78(55(5)101)83(110)94-66(84(111)99(67)9)45-56-23-15-14-16-24-56/h14-18,21-24,26-32,46-47,51,53-55,59,64-67,71-73,78-79,91,101-102,114H,12-13,19-20,25,33-45,48-50,90H2,1-11H3,(H,92,108)(H,93,109)(H,94,110)(H,95,107)(H,96,113)/b28-21+,52-22+/t53-,54+,55-,59-,64-,65+,66+,67+,71+,72+,73-,78+,79+,87+,88+/m1/s1. The number of nitrogens with zero attached hydrogens (tertiary/aromatic N) is 4. The van der Waals surface area contributed by atoms with Crippen molar-refractivity contribution in [3.05, 3.63) is 148 Å². The minimum absolute atomic E-state index is 0.0127. The fraction of sp³-hybridized carbons (Fsp3) is 0.534. The molecule has 0 radical (unpaired) electrons. The van der Waals surface area contributed by atoms with E-state index < -0.39 is 144 Å². The molecule has 121 heavy (non-hydrogen) atoms. The summed E-state index contributed by atoms with van der Waals surface area (Å²) in [5.74, 6) is -7.37. The van der Waals surface area contributed by atoms with Gasteiger partial charge in [0, 0.05) is 133 Å². The molecule has 30 nitrogen and oxygen atoms in total. The van der Waals surface area contributed by atoms with Crippen LogP contribution in [0, 0.1) is 11.8 Å². The number of phenols is 1. The van der Waals surface area contributed by atoms with Crippen molar-refractivity contribution < 1.29 is 91.7 Å². The lowest BCUT2D eigenvalue weighted by molar-refractivity contribution is -0.161. The Morgan fingerprint density at radius 3 is 2.19 bits per heavy atom. The number of fused-ring (bicyclic) bond motifs is 6. The molecule has 9 amide bonds. The number of para-hydroxylation sites is 1. The topological polar surface area (TPSA) is 413 Å². The van der Waals surface area contributed by atoms with E-state index in [-0.39, 0.29) is 112 Å². The van der Waals surface area contributed by atoms with Crippen molar-refractivity contribution in [1.29, 1.82) is 0 Å². The highest BCUT2D eigenvalue weighted by Gasteiger charge is 2.64. The number of epoxide rings is 1. The summed E-state index contributed by atoms with van der Waals surface area (Å²) in [4.78, 5) is 170. The summed E-state index contributed by atoms with van der Waals surface area (Å²) < 4.78 is 29.9. The fourth-order valence-corrected chi connectivity index (χ4v) is 17.9. The summed E-state index contributed by atoms with van der Waals surface area (Å²) in [6.45, 7) is 11.0. The zero-order chi connectivity index (χ0) is 88.0. The number of halogens is 1. The number of aliphatic hydroxyl groups excluding tert-OH is 1. The van der Waals surface area contributed by atoms with Gasteiger partial charge in [-0.05, 0) is 125 Å². The fourth-order valence-electron chi connectivity index (χ4n) is 15.7. The summed E-state index contributed by atoms with van der Waals surface area (Å²) >= 11 is 6.88. The number of esters is 1. The summed E-state index contributed by atoms with van der Waals surface area (Å²) in [5, 5.41) is 48.5. The molecular formula is C88H118ClN11O19S2. The number of H-pyrrole nitrogens is 1. The molecule has 0 saturated carbocycles. The third kappa shape index (κ3) is 25.6. The number of aromatic hydroxyl groups is 1. The van der Waals surface area contributed by atoms with Gasteiger partial charge in [0.05, 0.1) is 31.0 Å². The molecule has 33 heteroatoms. The average molecular weight is 1730 g/mol. The molecule has 4 aromatic carbocycles. The van der Waals surface area contributed by atoms with E-state index in [1.165, 1.54) is 85.7 Å². The van der Waals surface area contributed by atoms with Crippen LogP contribution in [0.25, 0.3) is 10.9 Å². The maximum Gasteiger partial charge on any atom is 0.409 e. The molecular weight excluding hydrogens is 1610 g/mol. The Labute approximate surface area is 720 Å². The lowest BCUT2D eigenvalue weighted by atomic mass is 9.83. The number of ketones is 1. The van der Waals surface area contributed by atoms with Crippen LogP contribution in [0.3, 0.4) is 0 Å². The Kier molecular flexibility index (Phi) is 35.0. The molecule has 15 atom stereocenters. The van der Waals surface area contributed by atoms with E-state index in [9.17, 15) is 48.9 Å². The number of hydrogen-bond acceptors (Lipinski definition) is 22. The maximum atomic E-state index is 15.5. The second-order valence-corrected chi connectivity index (χ2v) is 35.1. The smallest absolute Gasteiger partial charge is 0.409 e. The average Bonchev–Trinajstić information content (AvgIpc) is 1.57. The first-order valence-corrected chi connectivity index (χ1v) is 44.2. The number of aromatic amines is 1. The normalized spacial score (nSPS) is 26.2. The van der Waals surface area contributed by atoms with Gasteiger partial charge < -0.3 is 90.6 Å². The molecule has 0 aliphatic carbocycles. The number of phenolic OH excluding ortho intramolecular Hbond substituents is 1. The number of likely N-dealkylation sites (N-methyl/N-ethyl adjacent to an activating group) is 2. The van der Waals surface area contributed by atoms with Crippen LogP contribution in [0.4, 0.5) is 10.5 Å². The van der Waals surface area contributed by atoms with Gasteiger partial charge in [-0.25, -0.2) is 9.59 Å². The second-order valence-electron chi connectivity index (χ2n) is 32.1. The number of benzene rings is 4. The Hall–Kier alpha value is -9.54. The summed E-state index contributed by atoms with van der Waals surface area (Å²) in [6, 6.07) is 17.0. The highest BCUT2D eigenvalue weighted by Crippen LogP contribution is 2.49. The number of methoxy groups -OCH3 is 2. The molecule has 9 rings (SSSR count). The predicted molar refractivity (Wildman–Crippen MR) is 462 cm³/mol. The van der Waals surface area contributed by atoms with E-state index in [0.29, 0.717) is 72.5 Å². The van der Waals surface area contributed by atoms with Crippen LogP contribution in [0.1, 0.15) is 141 Å². The van der Waals surface area contributed by atoms with Crippen LogP contribution in [0.2, 0.25) is 5.02 Å². The molecule has 1 aromatic heterocycles. The van der Waals surface area contributed by atoms with Gasteiger partial charge in [-0.3, -0.25) is 48.5 Å². The third-order valence-corrected chi connectivity index (χ3v) is 26.0. The molecule has 4 aliphatic rings. The monoisotopic (exact) mass is 1730 g/mol. The minimum Gasteiger partial charge on any atom is -0.508 e. The number of hydrogen-bond donors (Lipinski definition) is 10. The van der Waals surface area contributed by atoms with E-state index in [2.05, 4.69) is 31.6 Å². The first-order chi connectivity index (χ1) is 57.7. The Bertz CT molecular complexity index is 4520. The highest BCUT2D eigenvalue weighted by molar-refractivity contribution is 8.76. The van der Waals surface area contributed by atoms with Crippen molar-refractivity contribution in [1.82, 2.24) is 46.3 Å². The number of nitrogens with two attached hydrogens (primary N) is 1. The first kappa shape index (κ1) is 95.3. The van der Waals surface area contributed by atoms with Crippen LogP contribution < -0.4 is 42.0 Å². The first-order valence-electron chi connectivity index (χ1n) is 41.3. The van der Waals surface area contributed by atoms with Gasteiger partial charge in [0.25, 0.3) is 0 Å². The highest BCUT2D eigenvalue weighted by atomic mass is 35.5. The van der Waals surface area contributed by atoms with Crippen molar-refractivity contribution in [2.45, 2.75) is 222 Å². The molecule has 0 spiro atoms. The number of Topliss-reactive ketones (excluding diaryl/α,β-unsaturated/α-hetero) is 1. The van der Waals surface area contributed by atoms with Crippen molar-refractivity contribution in [2.24, 2.45) is 17.6 Å². The molecule has 11 N–H and O–H groups in total. The maximum absolute atomic E-state index is 15.5. The molecule has 5 aromatic rings. The largest absolute Gasteiger partial charge is 0.508 e. The number of amides is 9. The van der Waals surface area contributed by atoms with Crippen LogP contribution in [-0.4, -0.2) is 245 Å². The number of carbonyl (C=O) groups excluding carboxylic acids is 11. The van der Waals surface area contributed by atoms with Crippen LogP contribution >= 0.6 is 33.2 Å². The van der Waals surface area contributed by atoms with Gasteiger partial charge in [0.15, 0.2) is 11.5 Å². The molecule has 658 valence electrons. The van der Waals surface area contributed by atoms with Gasteiger partial charge in [0.2, 0.25) is 47.3 Å².